The number of hydrogen-bond donors (Lipinski definition) is 1. The first kappa shape index (κ1) is 9.91. The Morgan fingerprint density at radius 1 is 1.31 bits per heavy atom. The van der Waals surface area contributed by atoms with Crippen LogP contribution in [0.5, 0.6) is 5.75 Å². The Morgan fingerprint density at radius 2 is 2.12 bits per heavy atom. The van der Waals surface area contributed by atoms with Gasteiger partial charge < -0.3 is 10.1 Å². The van der Waals surface area contributed by atoms with Gasteiger partial charge in [0, 0.05) is 6.42 Å². The summed E-state index contributed by atoms with van der Waals surface area (Å²) in [6, 6.07) is 6.37. The molecule has 2 aliphatic rings. The van der Waals surface area contributed by atoms with Crippen molar-refractivity contribution in [2.24, 2.45) is 0 Å². The van der Waals surface area contributed by atoms with Gasteiger partial charge in [-0.1, -0.05) is 18.7 Å². The van der Waals surface area contributed by atoms with Crippen LogP contribution in [-0.2, 0) is 6.42 Å². The van der Waals surface area contributed by atoms with Crippen molar-refractivity contribution in [2.45, 2.75) is 24.9 Å². The largest absolute Gasteiger partial charge is 0.487 e. The maximum absolute atomic E-state index is 6.16. The van der Waals surface area contributed by atoms with Crippen molar-refractivity contribution >= 4 is 6.08 Å². The molecule has 2 heterocycles. The normalized spacial score (nSPS) is 21.5. The Balaban J connectivity index is 1.90. The standard InChI is InChI=1S/C14H17NO/c1-2-11-3-4-13-12(9-11)10-14(16-13)5-7-15-8-6-14/h2-4,9,15H,1,5-8,10H2. The molecule has 1 spiro atoms. The molecule has 0 bridgehead atoms. The second-order valence-corrected chi connectivity index (χ2v) is 4.78. The molecule has 0 amide bonds. The molecule has 0 atom stereocenters. The van der Waals surface area contributed by atoms with Gasteiger partial charge in [0.05, 0.1) is 0 Å². The Labute approximate surface area is 96.3 Å². The smallest absolute Gasteiger partial charge is 0.123 e. The zero-order chi connectivity index (χ0) is 11.0. The molecule has 1 aromatic rings. The lowest BCUT2D eigenvalue weighted by molar-refractivity contribution is 0.0600. The van der Waals surface area contributed by atoms with E-state index in [1.54, 1.807) is 0 Å². The molecular formula is C14H17NO. The van der Waals surface area contributed by atoms with Gasteiger partial charge in [0.25, 0.3) is 0 Å². The molecule has 0 aromatic heterocycles. The van der Waals surface area contributed by atoms with Crippen LogP contribution in [0.1, 0.15) is 24.0 Å². The number of ether oxygens (including phenoxy) is 1. The molecule has 2 nitrogen and oxygen atoms in total. The van der Waals surface area contributed by atoms with Gasteiger partial charge >= 0.3 is 0 Å². The SMILES string of the molecule is C=Cc1ccc2c(c1)CC1(CCNCC1)O2. The summed E-state index contributed by atoms with van der Waals surface area (Å²) in [6.45, 7) is 5.95. The number of rotatable bonds is 1. The molecule has 0 saturated carbocycles. The topological polar surface area (TPSA) is 21.3 Å². The Kier molecular flexibility index (Phi) is 2.25. The van der Waals surface area contributed by atoms with Crippen LogP contribution >= 0.6 is 0 Å². The first-order chi connectivity index (χ1) is 7.81. The summed E-state index contributed by atoms with van der Waals surface area (Å²) in [7, 11) is 0. The zero-order valence-electron chi connectivity index (χ0n) is 9.46. The van der Waals surface area contributed by atoms with E-state index in [1.807, 2.05) is 6.08 Å². The van der Waals surface area contributed by atoms with E-state index in [0.717, 1.165) is 38.1 Å². The van der Waals surface area contributed by atoms with Crippen LogP contribution in [0, 0.1) is 0 Å². The van der Waals surface area contributed by atoms with Crippen LogP contribution in [0.15, 0.2) is 24.8 Å². The molecule has 3 rings (SSSR count). The van der Waals surface area contributed by atoms with E-state index in [9.17, 15) is 0 Å². The number of hydrogen-bond acceptors (Lipinski definition) is 2. The number of benzene rings is 1. The van der Waals surface area contributed by atoms with Crippen LogP contribution < -0.4 is 10.1 Å². The maximum Gasteiger partial charge on any atom is 0.123 e. The summed E-state index contributed by atoms with van der Waals surface area (Å²) in [5, 5.41) is 3.39. The summed E-state index contributed by atoms with van der Waals surface area (Å²) in [5.74, 6) is 1.08. The van der Waals surface area contributed by atoms with Crippen molar-refractivity contribution in [1.29, 1.82) is 0 Å². The third-order valence-electron chi connectivity index (χ3n) is 3.67. The molecule has 16 heavy (non-hydrogen) atoms. The van der Waals surface area contributed by atoms with Crippen LogP contribution in [-0.4, -0.2) is 18.7 Å². The highest BCUT2D eigenvalue weighted by atomic mass is 16.5. The summed E-state index contributed by atoms with van der Waals surface area (Å²) in [6.07, 6.45) is 5.19. The molecule has 1 aromatic carbocycles. The first-order valence-electron chi connectivity index (χ1n) is 5.96. The Morgan fingerprint density at radius 3 is 2.88 bits per heavy atom. The fraction of sp³-hybridized carbons (Fsp3) is 0.429. The van der Waals surface area contributed by atoms with Crippen LogP contribution in [0.2, 0.25) is 0 Å². The molecule has 1 N–H and O–H groups in total. The monoisotopic (exact) mass is 215 g/mol. The van der Waals surface area contributed by atoms with Crippen LogP contribution in [0.3, 0.4) is 0 Å². The fourth-order valence-electron chi connectivity index (χ4n) is 2.74. The third-order valence-corrected chi connectivity index (χ3v) is 3.67. The molecule has 2 heteroatoms. The van der Waals surface area contributed by atoms with E-state index in [2.05, 4.69) is 30.1 Å². The van der Waals surface area contributed by atoms with Gasteiger partial charge in [-0.3, -0.25) is 0 Å². The van der Waals surface area contributed by atoms with Crippen molar-refractivity contribution < 1.29 is 4.74 Å². The van der Waals surface area contributed by atoms with E-state index >= 15 is 0 Å². The van der Waals surface area contributed by atoms with E-state index in [-0.39, 0.29) is 5.60 Å². The molecular weight excluding hydrogens is 198 g/mol. The summed E-state index contributed by atoms with van der Waals surface area (Å²) >= 11 is 0. The highest BCUT2D eigenvalue weighted by Crippen LogP contribution is 2.40. The summed E-state index contributed by atoms with van der Waals surface area (Å²) in [5.41, 5.74) is 2.61. The van der Waals surface area contributed by atoms with Crippen molar-refractivity contribution in [3.05, 3.63) is 35.9 Å². The summed E-state index contributed by atoms with van der Waals surface area (Å²) in [4.78, 5) is 0. The number of piperidine rings is 1. The lowest BCUT2D eigenvalue weighted by atomic mass is 9.88. The van der Waals surface area contributed by atoms with Gasteiger partial charge in [0.2, 0.25) is 0 Å². The minimum absolute atomic E-state index is 0.0768. The van der Waals surface area contributed by atoms with Crippen LogP contribution in [0.25, 0.3) is 6.08 Å². The third kappa shape index (κ3) is 1.54. The predicted octanol–water partition coefficient (Wildman–Crippen LogP) is 2.39. The van der Waals surface area contributed by atoms with Crippen LogP contribution in [0.4, 0.5) is 0 Å². The summed E-state index contributed by atoms with van der Waals surface area (Å²) < 4.78 is 6.16. The Bertz CT molecular complexity index is 419. The number of nitrogens with one attached hydrogen (secondary N) is 1. The van der Waals surface area contributed by atoms with Crippen molar-refractivity contribution in [2.75, 3.05) is 13.1 Å². The quantitative estimate of drug-likeness (QED) is 0.776. The van der Waals surface area contributed by atoms with Crippen molar-refractivity contribution in [3.8, 4) is 5.75 Å². The van der Waals surface area contributed by atoms with E-state index in [1.165, 1.54) is 11.1 Å². The van der Waals surface area contributed by atoms with E-state index in [4.69, 9.17) is 4.74 Å². The molecule has 2 aliphatic heterocycles. The van der Waals surface area contributed by atoms with E-state index in [0.29, 0.717) is 0 Å². The molecule has 0 unspecified atom stereocenters. The molecule has 0 radical (unpaired) electrons. The average Bonchev–Trinajstić information content (AvgIpc) is 2.66. The predicted molar refractivity (Wildman–Crippen MR) is 65.7 cm³/mol. The molecule has 0 aliphatic carbocycles. The molecule has 1 fully saturated rings. The first-order valence-corrected chi connectivity index (χ1v) is 5.96. The maximum atomic E-state index is 6.16. The molecule has 84 valence electrons. The van der Waals surface area contributed by atoms with Gasteiger partial charge in [0.15, 0.2) is 0 Å². The lowest BCUT2D eigenvalue weighted by Gasteiger charge is -2.33. The van der Waals surface area contributed by atoms with Gasteiger partial charge in [-0.2, -0.15) is 0 Å². The second kappa shape index (κ2) is 3.63. The van der Waals surface area contributed by atoms with Gasteiger partial charge in [0.1, 0.15) is 11.4 Å². The zero-order valence-corrected chi connectivity index (χ0v) is 9.46. The molecule has 1 saturated heterocycles. The fourth-order valence-corrected chi connectivity index (χ4v) is 2.74. The van der Waals surface area contributed by atoms with Gasteiger partial charge in [-0.25, -0.2) is 0 Å². The van der Waals surface area contributed by atoms with Crippen molar-refractivity contribution in [1.82, 2.24) is 5.32 Å². The minimum atomic E-state index is 0.0768. The van der Waals surface area contributed by atoms with Gasteiger partial charge in [-0.15, -0.1) is 0 Å². The average molecular weight is 215 g/mol. The highest BCUT2D eigenvalue weighted by Gasteiger charge is 2.40. The van der Waals surface area contributed by atoms with E-state index < -0.39 is 0 Å². The number of fused-ring (bicyclic) bond motifs is 1. The van der Waals surface area contributed by atoms with Crippen molar-refractivity contribution in [3.63, 3.8) is 0 Å². The second-order valence-electron chi connectivity index (χ2n) is 4.78. The minimum Gasteiger partial charge on any atom is -0.487 e. The van der Waals surface area contributed by atoms with Gasteiger partial charge in [-0.05, 0) is 49.2 Å². The highest BCUT2D eigenvalue weighted by molar-refractivity contribution is 5.53. The lowest BCUT2D eigenvalue weighted by Crippen LogP contribution is -2.45. The Hall–Kier alpha value is -1.28.